The highest BCUT2D eigenvalue weighted by Gasteiger charge is 2.18. The largest absolute Gasteiger partial charge is 0.360 e. The highest BCUT2D eigenvalue weighted by atomic mass is 32.1. The lowest BCUT2D eigenvalue weighted by Gasteiger charge is -2.25. The van der Waals surface area contributed by atoms with E-state index in [1.165, 1.54) is 37.2 Å². The second kappa shape index (κ2) is 4.70. The standard InChI is InChI=1S/C9H16N4S/c10-8-3-1-7(2-4-8)5-11-9-12-6-13-14-9/h6-8H,1-5,10H2,(H,11,12,13). The summed E-state index contributed by atoms with van der Waals surface area (Å²) in [4.78, 5) is 4.09. The lowest BCUT2D eigenvalue weighted by molar-refractivity contribution is 0.339. The molecule has 1 aromatic rings. The van der Waals surface area contributed by atoms with Crippen LogP contribution in [-0.4, -0.2) is 21.9 Å². The number of anilines is 1. The Hall–Kier alpha value is -0.680. The van der Waals surface area contributed by atoms with Crippen molar-refractivity contribution >= 4 is 16.7 Å². The molecule has 0 amide bonds. The summed E-state index contributed by atoms with van der Waals surface area (Å²) in [6, 6.07) is 0.438. The molecule has 4 nitrogen and oxygen atoms in total. The van der Waals surface area contributed by atoms with Crippen LogP contribution in [0.5, 0.6) is 0 Å². The summed E-state index contributed by atoms with van der Waals surface area (Å²) in [6.07, 6.45) is 6.41. The van der Waals surface area contributed by atoms with E-state index in [9.17, 15) is 0 Å². The van der Waals surface area contributed by atoms with Gasteiger partial charge in [-0.1, -0.05) is 0 Å². The lowest BCUT2D eigenvalue weighted by Crippen LogP contribution is -2.29. The van der Waals surface area contributed by atoms with E-state index in [2.05, 4.69) is 14.7 Å². The molecule has 5 heteroatoms. The Balaban J connectivity index is 1.71. The Morgan fingerprint density at radius 1 is 1.43 bits per heavy atom. The first-order valence-corrected chi connectivity index (χ1v) is 5.88. The monoisotopic (exact) mass is 212 g/mol. The van der Waals surface area contributed by atoms with E-state index in [-0.39, 0.29) is 0 Å². The van der Waals surface area contributed by atoms with Gasteiger partial charge >= 0.3 is 0 Å². The zero-order chi connectivity index (χ0) is 9.80. The summed E-state index contributed by atoms with van der Waals surface area (Å²) in [5.41, 5.74) is 5.85. The highest BCUT2D eigenvalue weighted by molar-refractivity contribution is 7.09. The van der Waals surface area contributed by atoms with Gasteiger partial charge in [0.2, 0.25) is 5.13 Å². The first kappa shape index (κ1) is 9.86. The number of hydrogen-bond donors (Lipinski definition) is 2. The van der Waals surface area contributed by atoms with Crippen molar-refractivity contribution in [2.75, 3.05) is 11.9 Å². The van der Waals surface area contributed by atoms with Crippen LogP contribution in [-0.2, 0) is 0 Å². The van der Waals surface area contributed by atoms with Crippen molar-refractivity contribution in [2.24, 2.45) is 11.7 Å². The average Bonchev–Trinajstić information content (AvgIpc) is 2.70. The van der Waals surface area contributed by atoms with E-state index in [1.54, 1.807) is 6.33 Å². The maximum Gasteiger partial charge on any atom is 0.202 e. The van der Waals surface area contributed by atoms with Gasteiger partial charge in [0.15, 0.2) is 0 Å². The molecule has 1 aliphatic rings. The molecule has 0 atom stereocenters. The predicted octanol–water partition coefficient (Wildman–Crippen LogP) is 1.47. The van der Waals surface area contributed by atoms with Gasteiger partial charge in [0.05, 0.1) is 0 Å². The fourth-order valence-corrected chi connectivity index (χ4v) is 2.31. The van der Waals surface area contributed by atoms with Gasteiger partial charge in [-0.15, -0.1) is 0 Å². The Labute approximate surface area is 88.1 Å². The molecule has 0 aromatic carbocycles. The van der Waals surface area contributed by atoms with Crippen molar-refractivity contribution in [3.05, 3.63) is 6.33 Å². The summed E-state index contributed by atoms with van der Waals surface area (Å²) in [5, 5.41) is 4.24. The van der Waals surface area contributed by atoms with Gasteiger partial charge in [-0.25, -0.2) is 4.98 Å². The Morgan fingerprint density at radius 2 is 2.21 bits per heavy atom. The second-order valence-corrected chi connectivity index (χ2v) is 4.69. The van der Waals surface area contributed by atoms with Gasteiger partial charge in [-0.3, -0.25) is 0 Å². The zero-order valence-corrected chi connectivity index (χ0v) is 8.96. The van der Waals surface area contributed by atoms with Crippen molar-refractivity contribution in [1.82, 2.24) is 9.36 Å². The van der Waals surface area contributed by atoms with Crippen LogP contribution < -0.4 is 11.1 Å². The van der Waals surface area contributed by atoms with Crippen LogP contribution in [0, 0.1) is 5.92 Å². The first-order valence-electron chi connectivity index (χ1n) is 5.10. The predicted molar refractivity (Wildman–Crippen MR) is 58.3 cm³/mol. The molecule has 0 radical (unpaired) electrons. The van der Waals surface area contributed by atoms with Crippen LogP contribution in [0.25, 0.3) is 0 Å². The maximum absolute atomic E-state index is 5.85. The molecule has 0 spiro atoms. The van der Waals surface area contributed by atoms with Crippen LogP contribution in [0.4, 0.5) is 5.13 Å². The van der Waals surface area contributed by atoms with Gasteiger partial charge in [0.1, 0.15) is 6.33 Å². The van der Waals surface area contributed by atoms with Gasteiger partial charge in [0, 0.05) is 24.1 Å². The molecule has 78 valence electrons. The summed E-state index contributed by atoms with van der Waals surface area (Å²) < 4.78 is 3.95. The molecule has 14 heavy (non-hydrogen) atoms. The lowest BCUT2D eigenvalue weighted by atomic mass is 9.86. The molecule has 0 saturated heterocycles. The molecule has 0 unspecified atom stereocenters. The van der Waals surface area contributed by atoms with Gasteiger partial charge in [-0.2, -0.15) is 4.37 Å². The molecule has 0 aliphatic heterocycles. The average molecular weight is 212 g/mol. The molecule has 1 saturated carbocycles. The molecule has 1 heterocycles. The fourth-order valence-electron chi connectivity index (χ4n) is 1.87. The number of nitrogens with one attached hydrogen (secondary N) is 1. The number of hydrogen-bond acceptors (Lipinski definition) is 5. The van der Waals surface area contributed by atoms with Crippen molar-refractivity contribution < 1.29 is 0 Å². The SMILES string of the molecule is NC1CCC(CNc2ncns2)CC1. The first-order chi connectivity index (χ1) is 6.84. The zero-order valence-electron chi connectivity index (χ0n) is 8.15. The molecule has 3 N–H and O–H groups in total. The van der Waals surface area contributed by atoms with Gasteiger partial charge < -0.3 is 11.1 Å². The topological polar surface area (TPSA) is 63.8 Å². The Morgan fingerprint density at radius 3 is 2.86 bits per heavy atom. The van der Waals surface area contributed by atoms with Crippen LogP contribution in [0.15, 0.2) is 6.33 Å². The number of rotatable bonds is 3. The normalized spacial score (nSPS) is 27.5. The maximum atomic E-state index is 5.85. The Kier molecular flexibility index (Phi) is 3.31. The van der Waals surface area contributed by atoms with Crippen molar-refractivity contribution in [3.8, 4) is 0 Å². The van der Waals surface area contributed by atoms with Crippen LogP contribution in [0.3, 0.4) is 0 Å². The van der Waals surface area contributed by atoms with Gasteiger partial charge in [-0.05, 0) is 31.6 Å². The quantitative estimate of drug-likeness (QED) is 0.796. The third-order valence-electron chi connectivity index (χ3n) is 2.79. The van der Waals surface area contributed by atoms with Crippen LogP contribution >= 0.6 is 11.5 Å². The molecular formula is C9H16N4S. The van der Waals surface area contributed by atoms with Crippen molar-refractivity contribution in [3.63, 3.8) is 0 Å². The van der Waals surface area contributed by atoms with E-state index in [0.29, 0.717) is 6.04 Å². The minimum absolute atomic E-state index is 0.438. The summed E-state index contributed by atoms with van der Waals surface area (Å²) in [5.74, 6) is 0.763. The second-order valence-electron chi connectivity index (χ2n) is 3.91. The van der Waals surface area contributed by atoms with Crippen molar-refractivity contribution in [1.29, 1.82) is 0 Å². The minimum Gasteiger partial charge on any atom is -0.360 e. The minimum atomic E-state index is 0.438. The summed E-state index contributed by atoms with van der Waals surface area (Å²) >= 11 is 1.42. The summed E-state index contributed by atoms with van der Waals surface area (Å²) in [6.45, 7) is 1.02. The number of aromatic nitrogens is 2. The third-order valence-corrected chi connectivity index (χ3v) is 3.42. The van der Waals surface area contributed by atoms with Crippen LogP contribution in [0.1, 0.15) is 25.7 Å². The smallest absolute Gasteiger partial charge is 0.202 e. The van der Waals surface area contributed by atoms with E-state index in [0.717, 1.165) is 17.6 Å². The van der Waals surface area contributed by atoms with E-state index >= 15 is 0 Å². The third kappa shape index (κ3) is 2.65. The van der Waals surface area contributed by atoms with E-state index in [1.807, 2.05) is 0 Å². The van der Waals surface area contributed by atoms with E-state index in [4.69, 9.17) is 5.73 Å². The number of nitrogens with zero attached hydrogens (tertiary/aromatic N) is 2. The highest BCUT2D eigenvalue weighted by Crippen LogP contribution is 2.23. The number of nitrogens with two attached hydrogens (primary N) is 1. The van der Waals surface area contributed by atoms with E-state index < -0.39 is 0 Å². The molecule has 1 aromatic heterocycles. The van der Waals surface area contributed by atoms with Crippen LogP contribution in [0.2, 0.25) is 0 Å². The molecule has 1 aliphatic carbocycles. The Bertz CT molecular complexity index is 254. The molecule has 0 bridgehead atoms. The van der Waals surface area contributed by atoms with Crippen molar-refractivity contribution in [2.45, 2.75) is 31.7 Å². The molecule has 2 rings (SSSR count). The van der Waals surface area contributed by atoms with Gasteiger partial charge in [0.25, 0.3) is 0 Å². The summed E-state index contributed by atoms with van der Waals surface area (Å²) in [7, 11) is 0. The fraction of sp³-hybridized carbons (Fsp3) is 0.778. The molecular weight excluding hydrogens is 196 g/mol. The molecule has 1 fully saturated rings.